The summed E-state index contributed by atoms with van der Waals surface area (Å²) >= 11 is 0. The van der Waals surface area contributed by atoms with Crippen molar-refractivity contribution < 1.29 is 23.7 Å². The normalized spacial score (nSPS) is 21.0. The Hall–Kier alpha value is -5.27. The van der Waals surface area contributed by atoms with E-state index >= 15 is 0 Å². The number of ether oxygens (including phenoxy) is 4. The number of carbonyl (C=O) groups excluding carboxylic acids is 1. The molecule has 0 saturated carbocycles. The van der Waals surface area contributed by atoms with Gasteiger partial charge in [-0.15, -0.1) is 0 Å². The minimum atomic E-state index is -0.367. The molecule has 13 heteroatoms. The van der Waals surface area contributed by atoms with Crippen LogP contribution in [0.5, 0.6) is 23.3 Å². The molecule has 0 bridgehead atoms. The lowest BCUT2D eigenvalue weighted by Crippen LogP contribution is -2.45. The third kappa shape index (κ3) is 5.38. The number of carbonyl (C=O) groups is 1. The van der Waals surface area contributed by atoms with Gasteiger partial charge in [0.15, 0.2) is 0 Å². The van der Waals surface area contributed by atoms with Gasteiger partial charge in [-0.25, -0.2) is 9.78 Å². The number of tetrazole rings is 1. The van der Waals surface area contributed by atoms with Crippen LogP contribution in [0.25, 0.3) is 5.69 Å². The van der Waals surface area contributed by atoms with Crippen molar-refractivity contribution in [3.05, 3.63) is 97.6 Å². The fourth-order valence-electron chi connectivity index (χ4n) is 5.04. The molecule has 212 valence electrons. The number of para-hydroxylation sites is 1. The van der Waals surface area contributed by atoms with E-state index in [1.807, 2.05) is 65.4 Å². The topological polar surface area (TPSA) is 139 Å². The fourth-order valence-corrected chi connectivity index (χ4v) is 5.04. The van der Waals surface area contributed by atoms with Gasteiger partial charge in [0.1, 0.15) is 35.5 Å². The van der Waals surface area contributed by atoms with Crippen LogP contribution in [-0.4, -0.2) is 67.3 Å². The molecule has 2 fully saturated rings. The van der Waals surface area contributed by atoms with Gasteiger partial charge in [0.05, 0.1) is 25.6 Å². The van der Waals surface area contributed by atoms with Crippen LogP contribution in [0.1, 0.15) is 6.04 Å². The maximum atomic E-state index is 12.8. The van der Waals surface area contributed by atoms with Crippen LogP contribution >= 0.6 is 0 Å². The monoisotopic (exact) mass is 566 g/mol. The Labute approximate surface area is 240 Å². The second-order valence-electron chi connectivity index (χ2n) is 9.78. The lowest BCUT2D eigenvalue weighted by molar-refractivity contribution is 0.0613. The van der Waals surface area contributed by atoms with Gasteiger partial charge in [0.25, 0.3) is 0 Å². The number of nitrogens with zero attached hydrogens (tertiary/aromatic N) is 6. The molecule has 2 aliphatic heterocycles. The van der Waals surface area contributed by atoms with Gasteiger partial charge >= 0.3 is 12.0 Å². The van der Waals surface area contributed by atoms with Crippen molar-refractivity contribution in [2.24, 2.45) is 0 Å². The zero-order chi connectivity index (χ0) is 28.3. The summed E-state index contributed by atoms with van der Waals surface area (Å²) in [5.41, 5.74) is 1.57. The number of nitrogens with one attached hydrogen (secondary N) is 2. The summed E-state index contributed by atoms with van der Waals surface area (Å²) in [4.78, 5) is 16.8. The van der Waals surface area contributed by atoms with Gasteiger partial charge in [-0.1, -0.05) is 23.3 Å². The largest absolute Gasteiger partial charge is 0.457 e. The average molecular weight is 567 g/mol. The summed E-state index contributed by atoms with van der Waals surface area (Å²) in [5, 5.41) is 17.8. The van der Waals surface area contributed by atoms with Gasteiger partial charge in [-0.2, -0.15) is 4.68 Å². The van der Waals surface area contributed by atoms with E-state index in [4.69, 9.17) is 18.9 Å². The number of amides is 2. The molecule has 0 radical (unpaired) electrons. The van der Waals surface area contributed by atoms with Crippen LogP contribution in [0.4, 0.5) is 10.5 Å². The summed E-state index contributed by atoms with van der Waals surface area (Å²) in [6.45, 7) is 0.593. The molecule has 4 heterocycles. The molecule has 2 aliphatic rings. The van der Waals surface area contributed by atoms with Crippen molar-refractivity contribution >= 4 is 11.7 Å². The van der Waals surface area contributed by atoms with Gasteiger partial charge in [0.2, 0.25) is 0 Å². The Morgan fingerprint density at radius 3 is 2.38 bits per heavy atom. The number of urea groups is 1. The Morgan fingerprint density at radius 2 is 1.60 bits per heavy atom. The summed E-state index contributed by atoms with van der Waals surface area (Å²) < 4.78 is 27.3. The van der Waals surface area contributed by atoms with Crippen molar-refractivity contribution in [1.29, 1.82) is 0 Å². The Morgan fingerprint density at radius 1 is 0.857 bits per heavy atom. The summed E-state index contributed by atoms with van der Waals surface area (Å²) in [6.07, 6.45) is 4.57. The lowest BCUT2D eigenvalue weighted by Gasteiger charge is -2.18. The molecular weight excluding hydrogens is 540 g/mol. The Bertz CT molecular complexity index is 1630. The SMILES string of the molecule is O=C(Nc1ccc(Oc2ccccc2)cc1)N[C@H]1CO[C@H]2[C@@H]1OC[C@@H]2n1nnnc1Oc1ccc(-n2ccnc2)cc1. The number of benzene rings is 3. The number of hydrogen-bond donors (Lipinski definition) is 2. The highest BCUT2D eigenvalue weighted by molar-refractivity contribution is 5.89. The van der Waals surface area contributed by atoms with E-state index in [-0.39, 0.29) is 42.9 Å². The van der Waals surface area contributed by atoms with Crippen molar-refractivity contribution in [3.8, 4) is 28.9 Å². The highest BCUT2D eigenvalue weighted by atomic mass is 16.6. The first-order valence-corrected chi connectivity index (χ1v) is 13.4. The van der Waals surface area contributed by atoms with Crippen molar-refractivity contribution in [2.75, 3.05) is 18.5 Å². The first kappa shape index (κ1) is 25.7. The molecule has 3 aromatic carbocycles. The summed E-state index contributed by atoms with van der Waals surface area (Å²) in [5.74, 6) is 1.98. The molecule has 0 spiro atoms. The van der Waals surface area contributed by atoms with Crippen molar-refractivity contribution in [2.45, 2.75) is 24.3 Å². The van der Waals surface area contributed by atoms with Crippen molar-refractivity contribution in [1.82, 2.24) is 35.1 Å². The van der Waals surface area contributed by atoms with E-state index in [9.17, 15) is 4.79 Å². The minimum absolute atomic E-state index is 0.220. The molecule has 0 aliphatic carbocycles. The molecule has 5 aromatic rings. The first-order valence-electron chi connectivity index (χ1n) is 13.4. The molecule has 0 unspecified atom stereocenters. The number of anilines is 1. The molecule has 13 nitrogen and oxygen atoms in total. The molecule has 2 saturated heterocycles. The van der Waals surface area contributed by atoms with Gasteiger partial charge in [-0.3, -0.25) is 0 Å². The third-order valence-electron chi connectivity index (χ3n) is 7.06. The van der Waals surface area contributed by atoms with Crippen LogP contribution < -0.4 is 20.1 Å². The van der Waals surface area contributed by atoms with Crippen LogP contribution in [0, 0.1) is 0 Å². The zero-order valence-electron chi connectivity index (χ0n) is 22.2. The highest BCUT2D eigenvalue weighted by Gasteiger charge is 2.50. The number of rotatable bonds is 8. The van der Waals surface area contributed by atoms with Crippen LogP contribution in [0.3, 0.4) is 0 Å². The van der Waals surface area contributed by atoms with E-state index in [1.165, 1.54) is 0 Å². The second kappa shape index (κ2) is 11.3. The number of fused-ring (bicyclic) bond motifs is 1. The maximum absolute atomic E-state index is 12.8. The Balaban J connectivity index is 0.946. The van der Waals surface area contributed by atoms with E-state index in [0.29, 0.717) is 23.8 Å². The van der Waals surface area contributed by atoms with Gasteiger partial charge in [0, 0.05) is 23.8 Å². The smallest absolute Gasteiger partial charge is 0.341 e. The minimum Gasteiger partial charge on any atom is -0.457 e. The molecule has 4 atom stereocenters. The first-order chi connectivity index (χ1) is 20.7. The molecule has 42 heavy (non-hydrogen) atoms. The van der Waals surface area contributed by atoms with Gasteiger partial charge in [-0.05, 0) is 71.1 Å². The van der Waals surface area contributed by atoms with Crippen LogP contribution in [-0.2, 0) is 9.47 Å². The van der Waals surface area contributed by atoms with Crippen LogP contribution in [0.15, 0.2) is 97.6 Å². The number of imidazole rings is 1. The van der Waals surface area contributed by atoms with E-state index in [2.05, 4.69) is 31.1 Å². The predicted octanol–water partition coefficient (Wildman–Crippen LogP) is 3.97. The summed E-state index contributed by atoms with van der Waals surface area (Å²) in [7, 11) is 0. The van der Waals surface area contributed by atoms with E-state index in [1.54, 1.807) is 41.5 Å². The molecule has 2 N–H and O–H groups in total. The second-order valence-corrected chi connectivity index (χ2v) is 9.78. The average Bonchev–Trinajstić information content (AvgIpc) is 3.83. The standard InChI is InChI=1S/C29H26N8O5/c38-28(31-19-6-10-22(11-7-19)41-21-4-2-1-3-5-21)32-24-16-39-27-25(17-40-26(24)27)37-29(33-34-35-37)42-23-12-8-20(9-13-23)36-15-14-30-18-36/h1-15,18,24-27H,16-17H2,(H2,31,32,38)/t24-,25-,26+,27+/m0/s1. The lowest BCUT2D eigenvalue weighted by atomic mass is 10.1. The quantitative estimate of drug-likeness (QED) is 0.286. The Kier molecular flexibility index (Phi) is 6.92. The number of hydrogen-bond acceptors (Lipinski definition) is 9. The van der Waals surface area contributed by atoms with Gasteiger partial charge < -0.3 is 34.1 Å². The zero-order valence-corrected chi connectivity index (χ0v) is 22.2. The summed E-state index contributed by atoms with van der Waals surface area (Å²) in [6, 6.07) is 23.3. The molecule has 7 rings (SSSR count). The predicted molar refractivity (Wildman–Crippen MR) is 149 cm³/mol. The van der Waals surface area contributed by atoms with E-state index < -0.39 is 0 Å². The number of aromatic nitrogens is 6. The maximum Gasteiger partial charge on any atom is 0.341 e. The van der Waals surface area contributed by atoms with Crippen LogP contribution in [0.2, 0.25) is 0 Å². The third-order valence-corrected chi connectivity index (χ3v) is 7.06. The van der Waals surface area contributed by atoms with E-state index in [0.717, 1.165) is 11.4 Å². The fraction of sp³-hybridized carbons (Fsp3) is 0.207. The molecular formula is C29H26N8O5. The van der Waals surface area contributed by atoms with Crippen molar-refractivity contribution in [3.63, 3.8) is 0 Å². The molecule has 2 amide bonds. The highest BCUT2D eigenvalue weighted by Crippen LogP contribution is 2.36. The molecule has 2 aromatic heterocycles.